The molecule has 0 spiro atoms. The first-order valence-corrected chi connectivity index (χ1v) is 6.82. The molecule has 0 unspecified atom stereocenters. The summed E-state index contributed by atoms with van der Waals surface area (Å²) in [6.45, 7) is 3.89. The summed E-state index contributed by atoms with van der Waals surface area (Å²) in [5, 5.41) is 11.3. The van der Waals surface area contributed by atoms with Crippen molar-refractivity contribution in [3.63, 3.8) is 0 Å². The van der Waals surface area contributed by atoms with Crippen molar-refractivity contribution in [3.8, 4) is 0 Å². The predicted octanol–water partition coefficient (Wildman–Crippen LogP) is 2.45. The first-order valence-electron chi connectivity index (χ1n) is 5.66. The number of carboxylic acids is 1. The minimum Gasteiger partial charge on any atom is -0.481 e. The number of hydrogen-bond donors (Lipinski definition) is 2. The van der Waals surface area contributed by atoms with Crippen LogP contribution in [-0.2, 0) is 9.59 Å². The molecule has 0 aliphatic rings. The molecule has 4 nitrogen and oxygen atoms in total. The van der Waals surface area contributed by atoms with Crippen LogP contribution in [0.25, 0.3) is 0 Å². The van der Waals surface area contributed by atoms with Gasteiger partial charge >= 0.3 is 5.97 Å². The Kier molecular flexibility index (Phi) is 5.71. The van der Waals surface area contributed by atoms with Gasteiger partial charge in [-0.25, -0.2) is 0 Å². The lowest BCUT2D eigenvalue weighted by Gasteiger charge is -2.11. The Morgan fingerprint density at radius 2 is 1.89 bits per heavy atom. The third-order valence-electron chi connectivity index (χ3n) is 2.44. The zero-order valence-electron chi connectivity index (χ0n) is 10.5. The largest absolute Gasteiger partial charge is 0.481 e. The quantitative estimate of drug-likeness (QED) is 0.777. The number of aryl methyl sites for hydroxylation is 2. The SMILES string of the molecule is Cc1cccc(C)c1NC(=O)CSCCC(=O)O. The fraction of sp³-hybridized carbons (Fsp3) is 0.385. The first-order chi connectivity index (χ1) is 8.50. The van der Waals surface area contributed by atoms with Gasteiger partial charge in [0.05, 0.1) is 12.2 Å². The van der Waals surface area contributed by atoms with Crippen LogP contribution in [0.3, 0.4) is 0 Å². The van der Waals surface area contributed by atoms with Crippen LogP contribution in [0, 0.1) is 13.8 Å². The van der Waals surface area contributed by atoms with Gasteiger partial charge in [0.15, 0.2) is 0 Å². The van der Waals surface area contributed by atoms with Gasteiger partial charge in [-0.1, -0.05) is 18.2 Å². The van der Waals surface area contributed by atoms with Crippen LogP contribution < -0.4 is 5.32 Å². The van der Waals surface area contributed by atoms with E-state index in [9.17, 15) is 9.59 Å². The highest BCUT2D eigenvalue weighted by molar-refractivity contribution is 7.99. The molecule has 0 saturated heterocycles. The summed E-state index contributed by atoms with van der Waals surface area (Å²) in [6.07, 6.45) is 0.0847. The number of carbonyl (C=O) groups is 2. The number of benzene rings is 1. The van der Waals surface area contributed by atoms with E-state index in [1.807, 2.05) is 32.0 Å². The zero-order chi connectivity index (χ0) is 13.5. The molecule has 0 aromatic heterocycles. The number of amides is 1. The number of carbonyl (C=O) groups excluding carboxylic acids is 1. The Morgan fingerprint density at radius 1 is 1.28 bits per heavy atom. The van der Waals surface area contributed by atoms with Crippen molar-refractivity contribution in [1.82, 2.24) is 0 Å². The number of nitrogens with one attached hydrogen (secondary N) is 1. The highest BCUT2D eigenvalue weighted by atomic mass is 32.2. The molecule has 0 fully saturated rings. The van der Waals surface area contributed by atoms with Gasteiger partial charge < -0.3 is 10.4 Å². The van der Waals surface area contributed by atoms with Crippen molar-refractivity contribution >= 4 is 29.3 Å². The van der Waals surface area contributed by atoms with Crippen LogP contribution in [0.15, 0.2) is 18.2 Å². The molecule has 18 heavy (non-hydrogen) atoms. The fourth-order valence-electron chi connectivity index (χ4n) is 1.51. The van der Waals surface area contributed by atoms with Gasteiger partial charge in [0.25, 0.3) is 0 Å². The summed E-state index contributed by atoms with van der Waals surface area (Å²) < 4.78 is 0. The highest BCUT2D eigenvalue weighted by Gasteiger charge is 2.07. The zero-order valence-corrected chi connectivity index (χ0v) is 11.3. The maximum Gasteiger partial charge on any atom is 0.304 e. The van der Waals surface area contributed by atoms with Gasteiger partial charge in [0, 0.05) is 11.4 Å². The molecule has 1 aromatic carbocycles. The highest BCUT2D eigenvalue weighted by Crippen LogP contribution is 2.19. The molecule has 0 bridgehead atoms. The fourth-order valence-corrected chi connectivity index (χ4v) is 2.23. The summed E-state index contributed by atoms with van der Waals surface area (Å²) in [4.78, 5) is 22.0. The minimum atomic E-state index is -0.836. The Balaban J connectivity index is 2.43. The molecule has 1 aromatic rings. The Bertz CT molecular complexity index is 426. The second-order valence-corrected chi connectivity index (χ2v) is 5.12. The van der Waals surface area contributed by atoms with Crippen LogP contribution in [-0.4, -0.2) is 28.5 Å². The van der Waals surface area contributed by atoms with Crippen molar-refractivity contribution in [3.05, 3.63) is 29.3 Å². The Labute approximate surface area is 111 Å². The van der Waals surface area contributed by atoms with Crippen LogP contribution in [0.4, 0.5) is 5.69 Å². The topological polar surface area (TPSA) is 66.4 Å². The Morgan fingerprint density at radius 3 is 2.44 bits per heavy atom. The molecule has 98 valence electrons. The standard InChI is InChI=1S/C13H17NO3S/c1-9-4-3-5-10(2)13(9)14-11(15)8-18-7-6-12(16)17/h3-5H,6-8H2,1-2H3,(H,14,15)(H,16,17). The number of thioether (sulfide) groups is 1. The molecule has 0 aliphatic carbocycles. The van der Waals surface area contributed by atoms with E-state index in [-0.39, 0.29) is 18.1 Å². The molecule has 0 saturated carbocycles. The maximum atomic E-state index is 11.7. The van der Waals surface area contributed by atoms with E-state index in [0.717, 1.165) is 16.8 Å². The van der Waals surface area contributed by atoms with Crippen LogP contribution in [0.2, 0.25) is 0 Å². The van der Waals surface area contributed by atoms with Crippen LogP contribution in [0.1, 0.15) is 17.5 Å². The third kappa shape index (κ3) is 4.79. The van der Waals surface area contributed by atoms with Crippen molar-refractivity contribution in [1.29, 1.82) is 0 Å². The molecular formula is C13H17NO3S. The second kappa shape index (κ2) is 7.06. The summed E-state index contributed by atoms with van der Waals surface area (Å²) in [5.74, 6) is -0.197. The van der Waals surface area contributed by atoms with E-state index in [1.54, 1.807) is 0 Å². The smallest absolute Gasteiger partial charge is 0.304 e. The molecule has 0 aliphatic heterocycles. The van der Waals surface area contributed by atoms with E-state index in [4.69, 9.17) is 5.11 Å². The average Bonchev–Trinajstić information content (AvgIpc) is 2.29. The lowest BCUT2D eigenvalue weighted by Crippen LogP contribution is -2.16. The third-order valence-corrected chi connectivity index (χ3v) is 3.40. The van der Waals surface area contributed by atoms with Crippen molar-refractivity contribution in [2.45, 2.75) is 20.3 Å². The number of aliphatic carboxylic acids is 1. The molecule has 1 rings (SSSR count). The van der Waals surface area contributed by atoms with Crippen molar-refractivity contribution in [2.24, 2.45) is 0 Å². The Hall–Kier alpha value is -1.49. The number of hydrogen-bond acceptors (Lipinski definition) is 3. The van der Waals surface area contributed by atoms with Crippen LogP contribution in [0.5, 0.6) is 0 Å². The number of para-hydroxylation sites is 1. The molecule has 0 radical (unpaired) electrons. The van der Waals surface area contributed by atoms with E-state index < -0.39 is 5.97 Å². The molecule has 0 heterocycles. The number of rotatable bonds is 6. The van der Waals surface area contributed by atoms with Gasteiger partial charge in [-0.15, -0.1) is 0 Å². The summed E-state index contributed by atoms with van der Waals surface area (Å²) in [7, 11) is 0. The van der Waals surface area contributed by atoms with E-state index in [2.05, 4.69) is 5.32 Å². The van der Waals surface area contributed by atoms with E-state index in [0.29, 0.717) is 5.75 Å². The van der Waals surface area contributed by atoms with Gasteiger partial charge in [-0.05, 0) is 25.0 Å². The molecular weight excluding hydrogens is 250 g/mol. The van der Waals surface area contributed by atoms with E-state index >= 15 is 0 Å². The maximum absolute atomic E-state index is 11.7. The lowest BCUT2D eigenvalue weighted by molar-refractivity contribution is -0.136. The summed E-state index contributed by atoms with van der Waals surface area (Å²) >= 11 is 1.33. The summed E-state index contributed by atoms with van der Waals surface area (Å²) in [6, 6.07) is 5.84. The first kappa shape index (κ1) is 14.6. The monoisotopic (exact) mass is 267 g/mol. The van der Waals surface area contributed by atoms with Crippen molar-refractivity contribution in [2.75, 3.05) is 16.8 Å². The molecule has 0 atom stereocenters. The lowest BCUT2D eigenvalue weighted by atomic mass is 10.1. The van der Waals surface area contributed by atoms with Gasteiger partial charge in [-0.3, -0.25) is 9.59 Å². The molecule has 1 amide bonds. The van der Waals surface area contributed by atoms with E-state index in [1.165, 1.54) is 11.8 Å². The van der Waals surface area contributed by atoms with Crippen molar-refractivity contribution < 1.29 is 14.7 Å². The normalized spacial score (nSPS) is 10.1. The number of carboxylic acid groups (broad SMARTS) is 1. The van der Waals surface area contributed by atoms with Gasteiger partial charge in [0.1, 0.15) is 0 Å². The van der Waals surface area contributed by atoms with Gasteiger partial charge in [-0.2, -0.15) is 11.8 Å². The second-order valence-electron chi connectivity index (χ2n) is 4.01. The van der Waals surface area contributed by atoms with Gasteiger partial charge in [0.2, 0.25) is 5.91 Å². The average molecular weight is 267 g/mol. The molecule has 2 N–H and O–H groups in total. The number of anilines is 1. The predicted molar refractivity (Wildman–Crippen MR) is 74.1 cm³/mol. The summed E-state index contributed by atoms with van der Waals surface area (Å²) in [5.41, 5.74) is 2.90. The molecule has 5 heteroatoms. The minimum absolute atomic E-state index is 0.0847. The van der Waals surface area contributed by atoms with Crippen LogP contribution >= 0.6 is 11.8 Å².